The predicted octanol–water partition coefficient (Wildman–Crippen LogP) is 2.70. The Balaban J connectivity index is 1.53. The minimum atomic E-state index is 0.194. The Morgan fingerprint density at radius 3 is 2.22 bits per heavy atom. The molecule has 2 heterocycles. The first-order valence-corrected chi connectivity index (χ1v) is 11.2. The van der Waals surface area contributed by atoms with Gasteiger partial charge in [-0.25, -0.2) is 0 Å². The number of amides is 1. The van der Waals surface area contributed by atoms with E-state index in [1.807, 2.05) is 0 Å². The Kier molecular flexibility index (Phi) is 7.20. The molecule has 0 radical (unpaired) electrons. The van der Waals surface area contributed by atoms with Gasteiger partial charge in [0, 0.05) is 51.9 Å². The number of ether oxygens (including phenoxy) is 1. The molecule has 3 fully saturated rings. The summed E-state index contributed by atoms with van der Waals surface area (Å²) in [6.07, 6.45) is 5.37. The minimum absolute atomic E-state index is 0.194. The van der Waals surface area contributed by atoms with Crippen molar-refractivity contribution < 1.29 is 9.53 Å². The summed E-state index contributed by atoms with van der Waals surface area (Å²) in [5.41, 5.74) is 0. The first-order chi connectivity index (χ1) is 12.9. The fraction of sp³-hybridized carbons (Fsp3) is 0.955. The lowest BCUT2D eigenvalue weighted by Crippen LogP contribution is -2.64. The van der Waals surface area contributed by atoms with Crippen LogP contribution in [0.4, 0.5) is 0 Å². The zero-order valence-electron chi connectivity index (χ0n) is 18.2. The standard InChI is InChI=1S/C22H41N3O2/c1-16(2)18-6-8-20(9-7-18)23-10-11-25(21(14-23)15-27-5)22(26)19-12-24(13-19)17(3)4/h16-21H,6-15H2,1-5H3/t18?,20?,21-/m1/s1. The van der Waals surface area contributed by atoms with Crippen LogP contribution >= 0.6 is 0 Å². The molecule has 5 heteroatoms. The highest BCUT2D eigenvalue weighted by Crippen LogP contribution is 2.33. The Morgan fingerprint density at radius 2 is 1.67 bits per heavy atom. The zero-order chi connectivity index (χ0) is 19.6. The van der Waals surface area contributed by atoms with Crippen LogP contribution in [-0.2, 0) is 9.53 Å². The second kappa shape index (κ2) is 9.23. The van der Waals surface area contributed by atoms with Crippen molar-refractivity contribution in [1.82, 2.24) is 14.7 Å². The molecule has 156 valence electrons. The molecule has 0 aromatic rings. The molecule has 1 saturated carbocycles. The Bertz CT molecular complexity index is 482. The smallest absolute Gasteiger partial charge is 0.228 e. The van der Waals surface area contributed by atoms with Crippen LogP contribution in [-0.4, -0.2) is 85.2 Å². The number of methoxy groups -OCH3 is 1. The normalized spacial score (nSPS) is 31.5. The molecule has 3 aliphatic rings. The van der Waals surface area contributed by atoms with Gasteiger partial charge in [0.05, 0.1) is 18.6 Å². The van der Waals surface area contributed by atoms with Crippen molar-refractivity contribution in [2.45, 2.75) is 71.5 Å². The van der Waals surface area contributed by atoms with E-state index in [1.54, 1.807) is 7.11 Å². The van der Waals surface area contributed by atoms with Gasteiger partial charge >= 0.3 is 0 Å². The van der Waals surface area contributed by atoms with E-state index in [0.717, 1.165) is 44.6 Å². The highest BCUT2D eigenvalue weighted by Gasteiger charge is 2.41. The molecule has 0 aromatic heterocycles. The summed E-state index contributed by atoms with van der Waals surface area (Å²) in [7, 11) is 1.76. The molecule has 0 unspecified atom stereocenters. The van der Waals surface area contributed by atoms with Crippen molar-refractivity contribution in [3.05, 3.63) is 0 Å². The van der Waals surface area contributed by atoms with Gasteiger partial charge in [-0.1, -0.05) is 13.8 Å². The SMILES string of the molecule is COC[C@H]1CN(C2CCC(C(C)C)CC2)CCN1C(=O)C1CN(C(C)C)C1. The predicted molar refractivity (Wildman–Crippen MR) is 110 cm³/mol. The fourth-order valence-electron chi connectivity index (χ4n) is 5.29. The van der Waals surface area contributed by atoms with Crippen molar-refractivity contribution in [3.63, 3.8) is 0 Å². The summed E-state index contributed by atoms with van der Waals surface area (Å²) < 4.78 is 5.51. The van der Waals surface area contributed by atoms with Crippen LogP contribution in [0.5, 0.6) is 0 Å². The molecule has 5 nitrogen and oxygen atoms in total. The van der Waals surface area contributed by atoms with Crippen molar-refractivity contribution in [1.29, 1.82) is 0 Å². The molecule has 0 aromatic carbocycles. The molecule has 1 atom stereocenters. The summed E-state index contributed by atoms with van der Waals surface area (Å²) in [5, 5.41) is 0. The third kappa shape index (κ3) is 4.86. The Morgan fingerprint density at radius 1 is 1.00 bits per heavy atom. The molecular formula is C22H41N3O2. The van der Waals surface area contributed by atoms with Gasteiger partial charge in [-0.2, -0.15) is 0 Å². The molecule has 0 spiro atoms. The lowest BCUT2D eigenvalue weighted by Gasteiger charge is -2.49. The summed E-state index contributed by atoms with van der Waals surface area (Å²) in [4.78, 5) is 20.2. The first kappa shape index (κ1) is 21.1. The number of carbonyl (C=O) groups excluding carboxylic acids is 1. The molecule has 3 rings (SSSR count). The molecule has 2 aliphatic heterocycles. The van der Waals surface area contributed by atoms with Crippen LogP contribution in [0.2, 0.25) is 0 Å². The molecule has 27 heavy (non-hydrogen) atoms. The van der Waals surface area contributed by atoms with E-state index in [-0.39, 0.29) is 12.0 Å². The number of hydrogen-bond donors (Lipinski definition) is 0. The van der Waals surface area contributed by atoms with Crippen LogP contribution in [0.1, 0.15) is 53.4 Å². The van der Waals surface area contributed by atoms with Crippen molar-refractivity contribution in [2.75, 3.05) is 46.4 Å². The maximum Gasteiger partial charge on any atom is 0.228 e. The van der Waals surface area contributed by atoms with E-state index in [1.165, 1.54) is 25.7 Å². The van der Waals surface area contributed by atoms with Gasteiger partial charge in [0.25, 0.3) is 0 Å². The molecule has 1 aliphatic carbocycles. The number of rotatable bonds is 6. The van der Waals surface area contributed by atoms with Gasteiger partial charge in [-0.3, -0.25) is 14.6 Å². The number of hydrogen-bond acceptors (Lipinski definition) is 4. The summed E-state index contributed by atoms with van der Waals surface area (Å²) in [6, 6.07) is 1.46. The molecule has 1 amide bonds. The average Bonchev–Trinajstić information content (AvgIpc) is 2.60. The molecular weight excluding hydrogens is 338 g/mol. The van der Waals surface area contributed by atoms with Gasteiger partial charge in [-0.15, -0.1) is 0 Å². The van der Waals surface area contributed by atoms with Crippen LogP contribution in [0, 0.1) is 17.8 Å². The number of likely N-dealkylation sites (tertiary alicyclic amines) is 1. The fourth-order valence-corrected chi connectivity index (χ4v) is 5.29. The van der Waals surface area contributed by atoms with E-state index in [4.69, 9.17) is 4.74 Å². The summed E-state index contributed by atoms with van der Waals surface area (Å²) >= 11 is 0. The van der Waals surface area contributed by atoms with E-state index < -0.39 is 0 Å². The van der Waals surface area contributed by atoms with Crippen LogP contribution < -0.4 is 0 Å². The number of carbonyl (C=O) groups is 1. The van der Waals surface area contributed by atoms with Gasteiger partial charge in [0.1, 0.15) is 0 Å². The summed E-state index contributed by atoms with van der Waals surface area (Å²) in [6.45, 7) is 14.5. The maximum absolute atomic E-state index is 13.1. The number of piperazine rings is 1. The topological polar surface area (TPSA) is 36.0 Å². The van der Waals surface area contributed by atoms with E-state index in [9.17, 15) is 4.79 Å². The van der Waals surface area contributed by atoms with Crippen LogP contribution in [0.25, 0.3) is 0 Å². The van der Waals surface area contributed by atoms with E-state index in [0.29, 0.717) is 24.6 Å². The van der Waals surface area contributed by atoms with Gasteiger partial charge in [0.2, 0.25) is 5.91 Å². The van der Waals surface area contributed by atoms with Crippen molar-refractivity contribution in [2.24, 2.45) is 17.8 Å². The third-order valence-corrected chi connectivity index (χ3v) is 7.35. The lowest BCUT2D eigenvalue weighted by molar-refractivity contribution is -0.149. The second-order valence-electron chi connectivity index (χ2n) is 9.69. The zero-order valence-corrected chi connectivity index (χ0v) is 18.2. The van der Waals surface area contributed by atoms with Crippen LogP contribution in [0.15, 0.2) is 0 Å². The van der Waals surface area contributed by atoms with Gasteiger partial charge in [-0.05, 0) is 51.4 Å². The largest absolute Gasteiger partial charge is 0.382 e. The molecule has 2 saturated heterocycles. The van der Waals surface area contributed by atoms with E-state index >= 15 is 0 Å². The highest BCUT2D eigenvalue weighted by molar-refractivity contribution is 5.80. The molecule has 0 bridgehead atoms. The van der Waals surface area contributed by atoms with E-state index in [2.05, 4.69) is 42.4 Å². The lowest BCUT2D eigenvalue weighted by atomic mass is 9.79. The van der Waals surface area contributed by atoms with Gasteiger partial charge in [0.15, 0.2) is 0 Å². The van der Waals surface area contributed by atoms with Crippen molar-refractivity contribution >= 4 is 5.91 Å². The highest BCUT2D eigenvalue weighted by atomic mass is 16.5. The summed E-state index contributed by atoms with van der Waals surface area (Å²) in [5.74, 6) is 2.27. The third-order valence-electron chi connectivity index (χ3n) is 7.35. The van der Waals surface area contributed by atoms with Crippen LogP contribution in [0.3, 0.4) is 0 Å². The minimum Gasteiger partial charge on any atom is -0.382 e. The Hall–Kier alpha value is -0.650. The quantitative estimate of drug-likeness (QED) is 0.711. The second-order valence-corrected chi connectivity index (χ2v) is 9.69. The maximum atomic E-state index is 13.1. The van der Waals surface area contributed by atoms with Crippen molar-refractivity contribution in [3.8, 4) is 0 Å². The Labute approximate surface area is 166 Å². The monoisotopic (exact) mass is 379 g/mol. The average molecular weight is 380 g/mol. The molecule has 0 N–H and O–H groups in total. The first-order valence-electron chi connectivity index (χ1n) is 11.2. The van der Waals surface area contributed by atoms with Gasteiger partial charge < -0.3 is 9.64 Å². The number of nitrogens with zero attached hydrogens (tertiary/aromatic N) is 3.